The van der Waals surface area contributed by atoms with Gasteiger partial charge in [0.2, 0.25) is 5.70 Å². The second-order valence-corrected chi connectivity index (χ2v) is 4.47. The van der Waals surface area contributed by atoms with E-state index >= 15 is 0 Å². The highest BCUT2D eigenvalue weighted by Gasteiger charge is 2.09. The first-order chi connectivity index (χ1) is 7.99. The highest BCUT2D eigenvalue weighted by atomic mass is 15.1. The highest BCUT2D eigenvalue weighted by molar-refractivity contribution is 5.75. The van der Waals surface area contributed by atoms with Crippen LogP contribution in [0.15, 0.2) is 18.3 Å². The van der Waals surface area contributed by atoms with Gasteiger partial charge in [0.15, 0.2) is 0 Å². The smallest absolute Gasteiger partial charge is 0.210 e. The molecule has 0 N–H and O–H groups in total. The van der Waals surface area contributed by atoms with Gasteiger partial charge < -0.3 is 4.90 Å². The Bertz CT molecular complexity index is 455. The van der Waals surface area contributed by atoms with Gasteiger partial charge in [-0.2, -0.15) is 0 Å². The number of aryl methyl sites for hydroxylation is 3. The molecule has 0 spiro atoms. The van der Waals surface area contributed by atoms with E-state index < -0.39 is 0 Å². The minimum atomic E-state index is 0.726. The first kappa shape index (κ1) is 13.3. The summed E-state index contributed by atoms with van der Waals surface area (Å²) in [4.78, 5) is 5.70. The van der Waals surface area contributed by atoms with E-state index in [9.17, 15) is 0 Å². The number of benzene rings is 1. The molecule has 90 valence electrons. The standard InChI is InChI=1S/C15H20N2/c1-7-17(6)10-14(16-5)15-12(3)8-11(2)9-13(15)4/h8-10H,7H2,1-4,6H3/b14-10-. The van der Waals surface area contributed by atoms with Crippen LogP contribution in [-0.4, -0.2) is 18.5 Å². The summed E-state index contributed by atoms with van der Waals surface area (Å²) in [5.41, 5.74) is 5.40. The number of rotatable bonds is 3. The first-order valence-electron chi connectivity index (χ1n) is 5.87. The van der Waals surface area contributed by atoms with Crippen molar-refractivity contribution >= 4 is 5.70 Å². The van der Waals surface area contributed by atoms with Gasteiger partial charge in [-0.1, -0.05) is 28.8 Å². The quantitative estimate of drug-likeness (QED) is 0.714. The molecule has 0 fully saturated rings. The van der Waals surface area contributed by atoms with Gasteiger partial charge in [-0.15, -0.1) is 0 Å². The van der Waals surface area contributed by atoms with Crippen molar-refractivity contribution in [2.45, 2.75) is 27.7 Å². The van der Waals surface area contributed by atoms with Crippen LogP contribution in [0.3, 0.4) is 0 Å². The maximum atomic E-state index is 7.34. The van der Waals surface area contributed by atoms with Crippen LogP contribution < -0.4 is 0 Å². The zero-order valence-electron chi connectivity index (χ0n) is 11.3. The van der Waals surface area contributed by atoms with E-state index in [1.807, 2.05) is 18.1 Å². The van der Waals surface area contributed by atoms with Crippen LogP contribution in [0.1, 0.15) is 29.2 Å². The molecule has 0 aliphatic carbocycles. The molecule has 0 aliphatic heterocycles. The fraction of sp³-hybridized carbons (Fsp3) is 0.400. The Morgan fingerprint density at radius 2 is 1.82 bits per heavy atom. The molecular weight excluding hydrogens is 208 g/mol. The Labute approximate surface area is 104 Å². The molecule has 0 saturated carbocycles. The van der Waals surface area contributed by atoms with Gasteiger partial charge in [0.25, 0.3) is 0 Å². The van der Waals surface area contributed by atoms with Crippen molar-refractivity contribution in [1.29, 1.82) is 0 Å². The fourth-order valence-corrected chi connectivity index (χ4v) is 2.03. The minimum Gasteiger partial charge on any atom is -0.390 e. The largest absolute Gasteiger partial charge is 0.390 e. The molecule has 0 radical (unpaired) electrons. The highest BCUT2D eigenvalue weighted by Crippen LogP contribution is 2.25. The van der Waals surface area contributed by atoms with Crippen molar-refractivity contribution < 1.29 is 0 Å². The fourth-order valence-electron chi connectivity index (χ4n) is 2.03. The molecule has 0 heterocycles. The molecule has 1 aromatic rings. The topological polar surface area (TPSA) is 7.60 Å². The maximum Gasteiger partial charge on any atom is 0.210 e. The Hall–Kier alpha value is -1.75. The number of nitrogens with zero attached hydrogens (tertiary/aromatic N) is 2. The number of hydrogen-bond donors (Lipinski definition) is 0. The van der Waals surface area contributed by atoms with Crippen molar-refractivity contribution in [3.63, 3.8) is 0 Å². The Morgan fingerprint density at radius 3 is 2.24 bits per heavy atom. The van der Waals surface area contributed by atoms with E-state index in [1.54, 1.807) is 0 Å². The zero-order valence-corrected chi connectivity index (χ0v) is 11.3. The van der Waals surface area contributed by atoms with Crippen molar-refractivity contribution in [2.24, 2.45) is 0 Å². The predicted molar refractivity (Wildman–Crippen MR) is 73.5 cm³/mol. The van der Waals surface area contributed by atoms with Crippen LogP contribution in [0.4, 0.5) is 0 Å². The van der Waals surface area contributed by atoms with Crippen LogP contribution in [-0.2, 0) is 0 Å². The van der Waals surface area contributed by atoms with E-state index in [2.05, 4.69) is 44.7 Å². The van der Waals surface area contributed by atoms with Gasteiger partial charge in [0.05, 0.1) is 6.57 Å². The molecule has 0 aromatic heterocycles. The molecule has 0 unspecified atom stereocenters. The second-order valence-electron chi connectivity index (χ2n) is 4.47. The number of hydrogen-bond acceptors (Lipinski definition) is 1. The minimum absolute atomic E-state index is 0.726. The first-order valence-corrected chi connectivity index (χ1v) is 5.87. The summed E-state index contributed by atoms with van der Waals surface area (Å²) in [6.45, 7) is 16.6. The lowest BCUT2D eigenvalue weighted by molar-refractivity contribution is 0.486. The van der Waals surface area contributed by atoms with E-state index in [1.165, 1.54) is 16.7 Å². The Balaban J connectivity index is 3.32. The molecule has 0 aliphatic rings. The van der Waals surface area contributed by atoms with Gasteiger partial charge in [0.1, 0.15) is 0 Å². The molecule has 17 heavy (non-hydrogen) atoms. The van der Waals surface area contributed by atoms with Crippen molar-refractivity contribution in [3.8, 4) is 0 Å². The van der Waals surface area contributed by atoms with Crippen LogP contribution in [0, 0.1) is 27.3 Å². The summed E-state index contributed by atoms with van der Waals surface area (Å²) in [5.74, 6) is 0. The maximum absolute atomic E-state index is 7.34. The van der Waals surface area contributed by atoms with E-state index in [0.717, 1.165) is 17.8 Å². The van der Waals surface area contributed by atoms with Crippen LogP contribution in [0.25, 0.3) is 10.5 Å². The molecule has 0 bridgehead atoms. The van der Waals surface area contributed by atoms with Crippen molar-refractivity contribution in [3.05, 3.63) is 52.0 Å². The van der Waals surface area contributed by atoms with Gasteiger partial charge in [0, 0.05) is 19.8 Å². The van der Waals surface area contributed by atoms with Crippen LogP contribution >= 0.6 is 0 Å². The monoisotopic (exact) mass is 228 g/mol. The summed E-state index contributed by atoms with van der Waals surface area (Å²) in [6, 6.07) is 4.26. The summed E-state index contributed by atoms with van der Waals surface area (Å²) in [5, 5.41) is 0. The molecular formula is C15H20N2. The molecule has 0 saturated heterocycles. The molecule has 0 atom stereocenters. The second kappa shape index (κ2) is 5.54. The normalized spacial score (nSPS) is 11.2. The summed E-state index contributed by atoms with van der Waals surface area (Å²) in [7, 11) is 1.99. The zero-order chi connectivity index (χ0) is 13.0. The molecule has 1 aromatic carbocycles. The lowest BCUT2D eigenvalue weighted by Gasteiger charge is -2.15. The van der Waals surface area contributed by atoms with Gasteiger partial charge in [-0.25, -0.2) is 4.85 Å². The van der Waals surface area contributed by atoms with Crippen molar-refractivity contribution in [1.82, 2.24) is 4.90 Å². The van der Waals surface area contributed by atoms with E-state index in [-0.39, 0.29) is 0 Å². The van der Waals surface area contributed by atoms with Gasteiger partial charge >= 0.3 is 0 Å². The van der Waals surface area contributed by atoms with E-state index in [0.29, 0.717) is 0 Å². The summed E-state index contributed by atoms with van der Waals surface area (Å²) >= 11 is 0. The average molecular weight is 228 g/mol. The molecule has 0 amide bonds. The predicted octanol–water partition coefficient (Wildman–Crippen LogP) is 3.78. The lowest BCUT2D eigenvalue weighted by atomic mass is 9.98. The molecule has 1 rings (SSSR count). The third-order valence-corrected chi connectivity index (χ3v) is 2.90. The Kier molecular flexibility index (Phi) is 4.34. The van der Waals surface area contributed by atoms with Gasteiger partial charge in [-0.3, -0.25) is 0 Å². The third-order valence-electron chi connectivity index (χ3n) is 2.90. The molecule has 2 nitrogen and oxygen atoms in total. The average Bonchev–Trinajstić information content (AvgIpc) is 2.25. The van der Waals surface area contributed by atoms with E-state index in [4.69, 9.17) is 6.57 Å². The van der Waals surface area contributed by atoms with Gasteiger partial charge in [-0.05, 0) is 33.3 Å². The molecule has 2 heteroatoms. The SMILES string of the molecule is [C-]#[N+]/C(=C\N(C)CC)c1c(C)cc(C)cc1C. The summed E-state index contributed by atoms with van der Waals surface area (Å²) < 4.78 is 0. The van der Waals surface area contributed by atoms with Crippen molar-refractivity contribution in [2.75, 3.05) is 13.6 Å². The van der Waals surface area contributed by atoms with Crippen LogP contribution in [0.2, 0.25) is 0 Å². The summed E-state index contributed by atoms with van der Waals surface area (Å²) in [6.07, 6.45) is 1.93. The van der Waals surface area contributed by atoms with Crippen LogP contribution in [0.5, 0.6) is 0 Å². The lowest BCUT2D eigenvalue weighted by Crippen LogP contribution is -2.09. The third kappa shape index (κ3) is 3.10. The Morgan fingerprint density at radius 1 is 1.29 bits per heavy atom.